The molecule has 1 aliphatic heterocycles. The fraction of sp³-hybridized carbons (Fsp3) is 0.179. The maximum absolute atomic E-state index is 13.8. The molecule has 3 aromatic carbocycles. The minimum absolute atomic E-state index is 0.216. The fourth-order valence-corrected chi connectivity index (χ4v) is 5.55. The number of aromatic nitrogens is 1. The first-order valence-corrected chi connectivity index (χ1v) is 12.2. The van der Waals surface area contributed by atoms with Crippen LogP contribution in [0.25, 0.3) is 16.8 Å². The number of hydrogen-bond acceptors (Lipinski definition) is 6. The van der Waals surface area contributed by atoms with E-state index in [1.807, 2.05) is 72.8 Å². The Hall–Kier alpha value is -3.97. The van der Waals surface area contributed by atoms with E-state index in [9.17, 15) is 9.59 Å². The molecule has 0 spiro atoms. The van der Waals surface area contributed by atoms with Gasteiger partial charge in [-0.25, -0.2) is 9.79 Å². The highest BCUT2D eigenvalue weighted by molar-refractivity contribution is 7.07. The van der Waals surface area contributed by atoms with Gasteiger partial charge in [0, 0.05) is 5.56 Å². The summed E-state index contributed by atoms with van der Waals surface area (Å²) in [6.45, 7) is 3.76. The van der Waals surface area contributed by atoms with E-state index in [0.29, 0.717) is 26.4 Å². The molecule has 0 radical (unpaired) electrons. The van der Waals surface area contributed by atoms with Crippen LogP contribution >= 0.6 is 11.3 Å². The van der Waals surface area contributed by atoms with Crippen molar-refractivity contribution >= 4 is 34.2 Å². The average Bonchev–Trinajstić information content (AvgIpc) is 3.17. The first-order chi connectivity index (χ1) is 17.0. The highest BCUT2D eigenvalue weighted by atomic mass is 32.1. The van der Waals surface area contributed by atoms with Crippen molar-refractivity contribution in [2.75, 3.05) is 13.7 Å². The second kappa shape index (κ2) is 9.35. The number of benzene rings is 3. The third kappa shape index (κ3) is 3.98. The summed E-state index contributed by atoms with van der Waals surface area (Å²) in [5, 5.41) is 1.87. The predicted octanol–water partition coefficient (Wildman–Crippen LogP) is 3.96. The fourth-order valence-electron chi connectivity index (χ4n) is 4.50. The van der Waals surface area contributed by atoms with E-state index in [-0.39, 0.29) is 12.2 Å². The van der Waals surface area contributed by atoms with Crippen LogP contribution in [0.2, 0.25) is 0 Å². The number of carbonyl (C=O) groups is 1. The molecular formula is C28H24N2O4S. The Kier molecular flexibility index (Phi) is 6.09. The van der Waals surface area contributed by atoms with E-state index in [0.717, 1.165) is 21.9 Å². The molecule has 6 nitrogen and oxygen atoms in total. The summed E-state index contributed by atoms with van der Waals surface area (Å²) in [7, 11) is 1.59. The number of nitrogens with zero attached hydrogens (tertiary/aromatic N) is 2. The lowest BCUT2D eigenvalue weighted by molar-refractivity contribution is -0.139. The SMILES string of the molecule is CCOC(=O)C1=C(C)N=c2s/c(=C\c3ccccc3)c(=O)n2[C@@H]1c1c(OC)ccc2ccccc12. The van der Waals surface area contributed by atoms with Crippen molar-refractivity contribution in [3.05, 3.63) is 109 Å². The number of hydrogen-bond donors (Lipinski definition) is 0. The van der Waals surface area contributed by atoms with E-state index in [4.69, 9.17) is 9.47 Å². The van der Waals surface area contributed by atoms with Crippen molar-refractivity contribution in [1.29, 1.82) is 0 Å². The molecule has 176 valence electrons. The number of allylic oxidation sites excluding steroid dienone is 1. The lowest BCUT2D eigenvalue weighted by atomic mass is 9.90. The molecule has 0 aliphatic carbocycles. The topological polar surface area (TPSA) is 69.9 Å². The predicted molar refractivity (Wildman–Crippen MR) is 137 cm³/mol. The molecule has 0 amide bonds. The molecule has 1 aliphatic rings. The molecule has 1 aromatic heterocycles. The van der Waals surface area contributed by atoms with Crippen LogP contribution in [0, 0.1) is 0 Å². The normalized spacial score (nSPS) is 15.6. The quantitative estimate of drug-likeness (QED) is 0.402. The summed E-state index contributed by atoms with van der Waals surface area (Å²) in [5.41, 5.74) is 2.29. The summed E-state index contributed by atoms with van der Waals surface area (Å²) in [5.74, 6) is 0.0916. The summed E-state index contributed by atoms with van der Waals surface area (Å²) >= 11 is 1.31. The van der Waals surface area contributed by atoms with Crippen LogP contribution in [-0.4, -0.2) is 24.3 Å². The monoisotopic (exact) mass is 484 g/mol. The van der Waals surface area contributed by atoms with E-state index in [1.165, 1.54) is 11.3 Å². The van der Waals surface area contributed by atoms with Crippen LogP contribution in [0.15, 0.2) is 87.8 Å². The number of esters is 1. The highest BCUT2D eigenvalue weighted by Crippen LogP contribution is 2.40. The zero-order chi connectivity index (χ0) is 24.5. The first-order valence-electron chi connectivity index (χ1n) is 11.3. The molecule has 0 bridgehead atoms. The van der Waals surface area contributed by atoms with Crippen molar-refractivity contribution in [1.82, 2.24) is 4.57 Å². The molecule has 4 aromatic rings. The summed E-state index contributed by atoms with van der Waals surface area (Å²) in [6.07, 6.45) is 1.85. The molecule has 0 fully saturated rings. The lowest BCUT2D eigenvalue weighted by Gasteiger charge is -2.27. The standard InChI is InChI=1S/C28H24N2O4S/c1-4-34-27(32)23-17(2)29-28-30(26(31)22(35-28)16-18-10-6-5-7-11-18)25(23)24-20-13-9-8-12-19(20)14-15-21(24)33-3/h5-16,25H,4H2,1-3H3/b22-16-/t25-/m0/s1. The van der Waals surface area contributed by atoms with Crippen LogP contribution in [0.4, 0.5) is 0 Å². The molecule has 0 unspecified atom stereocenters. The average molecular weight is 485 g/mol. The molecule has 5 rings (SSSR count). The van der Waals surface area contributed by atoms with Gasteiger partial charge in [-0.05, 0) is 42.3 Å². The Morgan fingerprint density at radius 2 is 1.83 bits per heavy atom. The van der Waals surface area contributed by atoms with Crippen molar-refractivity contribution < 1.29 is 14.3 Å². The van der Waals surface area contributed by atoms with Gasteiger partial charge in [-0.1, -0.05) is 72.0 Å². The number of rotatable bonds is 5. The van der Waals surface area contributed by atoms with Crippen LogP contribution < -0.4 is 19.6 Å². The Balaban J connectivity index is 1.86. The van der Waals surface area contributed by atoms with E-state index >= 15 is 0 Å². The van der Waals surface area contributed by atoms with Gasteiger partial charge in [0.05, 0.1) is 29.5 Å². The maximum atomic E-state index is 13.8. The Labute approximate surface area is 206 Å². The smallest absolute Gasteiger partial charge is 0.338 e. The molecule has 2 heterocycles. The second-order valence-electron chi connectivity index (χ2n) is 8.12. The van der Waals surface area contributed by atoms with Crippen LogP contribution in [0.1, 0.15) is 31.0 Å². The summed E-state index contributed by atoms with van der Waals surface area (Å²) < 4.78 is 13.3. The highest BCUT2D eigenvalue weighted by Gasteiger charge is 2.36. The molecule has 1 atom stereocenters. The zero-order valence-electron chi connectivity index (χ0n) is 19.6. The molecule has 7 heteroatoms. The van der Waals surface area contributed by atoms with Gasteiger partial charge in [-0.3, -0.25) is 9.36 Å². The number of carbonyl (C=O) groups excluding carboxylic acids is 1. The van der Waals surface area contributed by atoms with Gasteiger partial charge in [0.25, 0.3) is 5.56 Å². The van der Waals surface area contributed by atoms with Crippen molar-refractivity contribution in [3.8, 4) is 5.75 Å². The summed E-state index contributed by atoms with van der Waals surface area (Å²) in [4.78, 5) is 32.3. The minimum Gasteiger partial charge on any atom is -0.496 e. The van der Waals surface area contributed by atoms with Crippen molar-refractivity contribution in [3.63, 3.8) is 0 Å². The van der Waals surface area contributed by atoms with E-state index < -0.39 is 12.0 Å². The molecule has 0 N–H and O–H groups in total. The van der Waals surface area contributed by atoms with Gasteiger partial charge < -0.3 is 9.47 Å². The van der Waals surface area contributed by atoms with Gasteiger partial charge >= 0.3 is 5.97 Å². The first kappa shape index (κ1) is 22.8. The molecule has 35 heavy (non-hydrogen) atoms. The van der Waals surface area contributed by atoms with Gasteiger partial charge in [0.15, 0.2) is 4.80 Å². The van der Waals surface area contributed by atoms with E-state index in [2.05, 4.69) is 4.99 Å². The number of ether oxygens (including phenoxy) is 2. The minimum atomic E-state index is -0.746. The Morgan fingerprint density at radius 3 is 2.57 bits per heavy atom. The van der Waals surface area contributed by atoms with Crippen LogP contribution in [0.3, 0.4) is 0 Å². The Bertz CT molecular complexity index is 1650. The maximum Gasteiger partial charge on any atom is 0.338 e. The lowest BCUT2D eigenvalue weighted by Crippen LogP contribution is -2.40. The zero-order valence-corrected chi connectivity index (χ0v) is 20.5. The van der Waals surface area contributed by atoms with Gasteiger partial charge in [-0.2, -0.15) is 0 Å². The van der Waals surface area contributed by atoms with Gasteiger partial charge in [-0.15, -0.1) is 0 Å². The summed E-state index contributed by atoms with van der Waals surface area (Å²) in [6, 6.07) is 20.6. The van der Waals surface area contributed by atoms with Crippen molar-refractivity contribution in [2.45, 2.75) is 19.9 Å². The Morgan fingerprint density at radius 1 is 1.09 bits per heavy atom. The second-order valence-corrected chi connectivity index (χ2v) is 9.12. The number of thiazole rings is 1. The molecular weight excluding hydrogens is 460 g/mol. The van der Waals surface area contributed by atoms with Crippen LogP contribution in [-0.2, 0) is 9.53 Å². The third-order valence-corrected chi connectivity index (χ3v) is 7.02. The van der Waals surface area contributed by atoms with E-state index in [1.54, 1.807) is 25.5 Å². The largest absolute Gasteiger partial charge is 0.496 e. The van der Waals surface area contributed by atoms with Crippen molar-refractivity contribution in [2.24, 2.45) is 4.99 Å². The molecule has 0 saturated heterocycles. The third-order valence-electron chi connectivity index (χ3n) is 6.04. The van der Waals surface area contributed by atoms with Gasteiger partial charge in [0.1, 0.15) is 11.8 Å². The van der Waals surface area contributed by atoms with Gasteiger partial charge in [0.2, 0.25) is 0 Å². The number of fused-ring (bicyclic) bond motifs is 2. The number of methoxy groups -OCH3 is 1. The molecule has 0 saturated carbocycles. The van der Waals surface area contributed by atoms with Crippen LogP contribution in [0.5, 0.6) is 5.75 Å².